The molecule has 2 fully saturated rings. The van der Waals surface area contributed by atoms with Crippen LogP contribution in [0.2, 0.25) is 0 Å². The summed E-state index contributed by atoms with van der Waals surface area (Å²) in [6, 6.07) is 0. The molecule has 0 aromatic rings. The standard InChI is InChI=1S/C9H14O3S.C5H9BrO2.C4H6OS.CH4/c1-2-12-8(10)4-3-7-5-6-13-9(7)11;1-2-8-5(7)3-4-6;5-4-2-1-3-6-4;/h7H,2-6H2,1H3;2-4H2,1H3;1-3H2;1H4. The highest BCUT2D eigenvalue weighted by atomic mass is 79.9. The monoisotopic (exact) mass is 500 g/mol. The maximum atomic E-state index is 11.2. The molecule has 0 aromatic heterocycles. The molecule has 2 aliphatic rings. The number of carbonyl (C=O) groups excluding carboxylic acids is 4. The molecule has 1 atom stereocenters. The lowest BCUT2D eigenvalue weighted by atomic mass is 10.0. The van der Waals surface area contributed by atoms with Gasteiger partial charge in [-0.3, -0.25) is 19.2 Å². The van der Waals surface area contributed by atoms with Crippen molar-refractivity contribution in [3.8, 4) is 0 Å². The second-order valence-electron chi connectivity index (χ2n) is 5.56. The summed E-state index contributed by atoms with van der Waals surface area (Å²) in [6.07, 6.45) is 4.33. The van der Waals surface area contributed by atoms with Gasteiger partial charge in [0, 0.05) is 35.6 Å². The van der Waals surface area contributed by atoms with E-state index in [-0.39, 0.29) is 30.4 Å². The normalized spacial score (nSPS) is 17.5. The molecule has 0 bridgehead atoms. The molecule has 0 spiro atoms. The van der Waals surface area contributed by atoms with E-state index in [0.29, 0.717) is 42.9 Å². The number of esters is 2. The van der Waals surface area contributed by atoms with Gasteiger partial charge in [0.2, 0.25) is 0 Å². The predicted molar refractivity (Wildman–Crippen MR) is 120 cm³/mol. The Hall–Kier alpha value is -0.540. The highest BCUT2D eigenvalue weighted by Crippen LogP contribution is 2.28. The largest absolute Gasteiger partial charge is 0.466 e. The lowest BCUT2D eigenvalue weighted by Gasteiger charge is -2.05. The first-order valence-electron chi connectivity index (χ1n) is 9.14. The van der Waals surface area contributed by atoms with E-state index in [1.807, 2.05) is 0 Å². The molecule has 0 saturated carbocycles. The third-order valence-corrected chi connectivity index (χ3v) is 5.91. The Morgan fingerprint density at radius 2 is 1.64 bits per heavy atom. The van der Waals surface area contributed by atoms with Crippen LogP contribution in [-0.2, 0) is 28.7 Å². The minimum atomic E-state index is -0.188. The third kappa shape index (κ3) is 16.4. The van der Waals surface area contributed by atoms with E-state index in [9.17, 15) is 19.2 Å². The molecule has 6 nitrogen and oxygen atoms in total. The number of hydrogen-bond acceptors (Lipinski definition) is 8. The van der Waals surface area contributed by atoms with E-state index in [0.717, 1.165) is 30.8 Å². The van der Waals surface area contributed by atoms with Gasteiger partial charge in [-0.2, -0.15) is 0 Å². The Bertz CT molecular complexity index is 457. The Morgan fingerprint density at radius 1 is 1.04 bits per heavy atom. The van der Waals surface area contributed by atoms with Crippen molar-refractivity contribution in [3.05, 3.63) is 0 Å². The van der Waals surface area contributed by atoms with Crippen LogP contribution in [0.1, 0.15) is 59.8 Å². The van der Waals surface area contributed by atoms with E-state index < -0.39 is 0 Å². The van der Waals surface area contributed by atoms with Gasteiger partial charge in [-0.25, -0.2) is 0 Å². The molecular weight excluding hydrogens is 468 g/mol. The average molecular weight is 502 g/mol. The molecule has 2 aliphatic heterocycles. The summed E-state index contributed by atoms with van der Waals surface area (Å²) in [7, 11) is 0. The molecule has 2 rings (SSSR count). The van der Waals surface area contributed by atoms with E-state index in [2.05, 4.69) is 20.7 Å². The molecule has 0 radical (unpaired) electrons. The summed E-state index contributed by atoms with van der Waals surface area (Å²) in [5.41, 5.74) is 0. The van der Waals surface area contributed by atoms with Crippen LogP contribution in [0.25, 0.3) is 0 Å². The van der Waals surface area contributed by atoms with Gasteiger partial charge >= 0.3 is 11.9 Å². The Kier molecular flexibility index (Phi) is 20.9. The molecule has 0 amide bonds. The van der Waals surface area contributed by atoms with Crippen molar-refractivity contribution >= 4 is 61.6 Å². The van der Waals surface area contributed by atoms with Crippen LogP contribution in [0.15, 0.2) is 0 Å². The smallest absolute Gasteiger partial charge is 0.306 e. The number of thioether (sulfide) groups is 2. The lowest BCUT2D eigenvalue weighted by molar-refractivity contribution is -0.144. The molecule has 2 heterocycles. The van der Waals surface area contributed by atoms with Crippen molar-refractivity contribution < 1.29 is 28.7 Å². The maximum Gasteiger partial charge on any atom is 0.306 e. The first kappa shape index (κ1) is 29.7. The van der Waals surface area contributed by atoms with E-state index in [4.69, 9.17) is 4.74 Å². The third-order valence-electron chi connectivity index (χ3n) is 3.44. The molecule has 0 aromatic carbocycles. The van der Waals surface area contributed by atoms with Crippen molar-refractivity contribution in [2.45, 2.75) is 59.8 Å². The summed E-state index contributed by atoms with van der Waals surface area (Å²) in [6.45, 7) is 4.48. The zero-order valence-electron chi connectivity index (χ0n) is 16.0. The minimum Gasteiger partial charge on any atom is -0.466 e. The summed E-state index contributed by atoms with van der Waals surface area (Å²) in [5, 5.41) is 1.30. The Balaban J connectivity index is 0. The van der Waals surface area contributed by atoms with Crippen LogP contribution < -0.4 is 0 Å². The van der Waals surface area contributed by atoms with Gasteiger partial charge in [0.05, 0.1) is 19.6 Å². The van der Waals surface area contributed by atoms with Crippen LogP contribution >= 0.6 is 39.5 Å². The second kappa shape index (κ2) is 19.8. The molecule has 2 saturated heterocycles. The van der Waals surface area contributed by atoms with Crippen molar-refractivity contribution in [3.63, 3.8) is 0 Å². The summed E-state index contributed by atoms with van der Waals surface area (Å²) in [5.74, 6) is 1.73. The molecule has 1 unspecified atom stereocenters. The quantitative estimate of drug-likeness (QED) is 0.369. The van der Waals surface area contributed by atoms with E-state index in [1.54, 1.807) is 13.8 Å². The van der Waals surface area contributed by atoms with Gasteiger partial charge < -0.3 is 9.47 Å². The first-order chi connectivity index (χ1) is 12.9. The average Bonchev–Trinajstić information content (AvgIpc) is 3.26. The fourth-order valence-corrected chi connectivity index (χ4v) is 4.31. The van der Waals surface area contributed by atoms with Gasteiger partial charge in [-0.05, 0) is 33.1 Å². The second-order valence-corrected chi connectivity index (χ2v) is 8.61. The zero-order chi connectivity index (χ0) is 20.5. The van der Waals surface area contributed by atoms with Crippen molar-refractivity contribution in [1.82, 2.24) is 0 Å². The molecule has 28 heavy (non-hydrogen) atoms. The molecule has 0 aliphatic carbocycles. The van der Waals surface area contributed by atoms with Crippen LogP contribution in [0.4, 0.5) is 0 Å². The van der Waals surface area contributed by atoms with Crippen LogP contribution in [0.3, 0.4) is 0 Å². The SMILES string of the molecule is C.CCOC(=O)CCBr.CCOC(=O)CCC1CCSC1=O.O=C1CCCS1. The van der Waals surface area contributed by atoms with Gasteiger partial charge in [-0.1, -0.05) is 46.9 Å². The maximum absolute atomic E-state index is 11.2. The minimum absolute atomic E-state index is 0. The summed E-state index contributed by atoms with van der Waals surface area (Å²) in [4.78, 5) is 42.7. The molecule has 0 N–H and O–H groups in total. The zero-order valence-corrected chi connectivity index (χ0v) is 19.2. The van der Waals surface area contributed by atoms with Gasteiger partial charge in [0.1, 0.15) is 0 Å². The Morgan fingerprint density at radius 3 is 2.00 bits per heavy atom. The van der Waals surface area contributed by atoms with Gasteiger partial charge in [0.25, 0.3) is 0 Å². The van der Waals surface area contributed by atoms with Crippen LogP contribution in [-0.4, -0.2) is 52.2 Å². The number of hydrogen-bond donors (Lipinski definition) is 0. The number of carbonyl (C=O) groups is 4. The number of rotatable bonds is 7. The fourth-order valence-electron chi connectivity index (χ4n) is 2.11. The molecule has 164 valence electrons. The topological polar surface area (TPSA) is 86.7 Å². The van der Waals surface area contributed by atoms with E-state index >= 15 is 0 Å². The fraction of sp³-hybridized carbons (Fsp3) is 0.789. The number of alkyl halides is 1. The van der Waals surface area contributed by atoms with E-state index in [1.165, 1.54) is 23.5 Å². The van der Waals surface area contributed by atoms with Gasteiger partial charge in [-0.15, -0.1) is 0 Å². The summed E-state index contributed by atoms with van der Waals surface area (Å²) >= 11 is 5.96. The predicted octanol–water partition coefficient (Wildman–Crippen LogP) is 4.62. The number of ether oxygens (including phenoxy) is 2. The lowest BCUT2D eigenvalue weighted by Crippen LogP contribution is -2.10. The highest BCUT2D eigenvalue weighted by molar-refractivity contribution is 9.09. The molecular formula is C19H33BrO6S2. The van der Waals surface area contributed by atoms with Gasteiger partial charge in [0.15, 0.2) is 10.2 Å². The van der Waals surface area contributed by atoms with Crippen molar-refractivity contribution in [2.75, 3.05) is 30.0 Å². The van der Waals surface area contributed by atoms with Crippen molar-refractivity contribution in [1.29, 1.82) is 0 Å². The first-order valence-corrected chi connectivity index (χ1v) is 12.2. The van der Waals surface area contributed by atoms with Crippen LogP contribution in [0.5, 0.6) is 0 Å². The van der Waals surface area contributed by atoms with Crippen LogP contribution in [0, 0.1) is 5.92 Å². The number of halogens is 1. The molecule has 9 heteroatoms. The Labute approximate surface area is 185 Å². The highest BCUT2D eigenvalue weighted by Gasteiger charge is 2.25. The summed E-state index contributed by atoms with van der Waals surface area (Å²) < 4.78 is 9.39. The van der Waals surface area contributed by atoms with Crippen molar-refractivity contribution in [2.24, 2.45) is 5.92 Å².